The summed E-state index contributed by atoms with van der Waals surface area (Å²) in [7, 11) is -4.06. The van der Waals surface area contributed by atoms with E-state index >= 15 is 0 Å². The fourth-order valence-corrected chi connectivity index (χ4v) is 4.00. The number of hydrogen-bond donors (Lipinski definition) is 2. The number of anilines is 2. The normalized spacial score (nSPS) is 17.0. The Morgan fingerprint density at radius 2 is 2.03 bits per heavy atom. The van der Waals surface area contributed by atoms with E-state index in [1.54, 1.807) is 4.90 Å². The molecule has 11 heteroatoms. The van der Waals surface area contributed by atoms with Gasteiger partial charge in [-0.2, -0.15) is 0 Å². The lowest BCUT2D eigenvalue weighted by Gasteiger charge is -2.31. The molecule has 31 heavy (non-hydrogen) atoms. The highest BCUT2D eigenvalue weighted by Gasteiger charge is 2.25. The van der Waals surface area contributed by atoms with E-state index in [0.717, 1.165) is 6.07 Å². The van der Waals surface area contributed by atoms with E-state index in [-0.39, 0.29) is 23.6 Å². The van der Waals surface area contributed by atoms with Crippen molar-refractivity contribution in [1.29, 1.82) is 0 Å². The third-order valence-electron chi connectivity index (χ3n) is 4.95. The number of primary sulfonamides is 1. The van der Waals surface area contributed by atoms with Gasteiger partial charge in [0.1, 0.15) is 17.8 Å². The van der Waals surface area contributed by atoms with E-state index in [1.807, 2.05) is 0 Å². The molecule has 2 aromatic heterocycles. The Bertz CT molecular complexity index is 1270. The molecule has 3 heterocycles. The number of fused-ring (bicyclic) bond motifs is 1. The summed E-state index contributed by atoms with van der Waals surface area (Å²) in [4.78, 5) is 22.9. The Hall–Kier alpha value is -3.18. The van der Waals surface area contributed by atoms with Crippen LogP contribution >= 0.6 is 0 Å². The van der Waals surface area contributed by atoms with Crippen molar-refractivity contribution in [2.75, 3.05) is 23.3 Å². The quantitative estimate of drug-likeness (QED) is 0.635. The van der Waals surface area contributed by atoms with Crippen LogP contribution in [-0.2, 0) is 10.0 Å². The van der Waals surface area contributed by atoms with E-state index in [0.29, 0.717) is 30.3 Å². The van der Waals surface area contributed by atoms with Gasteiger partial charge in [0.05, 0.1) is 17.6 Å². The van der Waals surface area contributed by atoms with Crippen LogP contribution in [0.1, 0.15) is 23.2 Å². The van der Waals surface area contributed by atoms with Gasteiger partial charge in [-0.3, -0.25) is 4.79 Å². The molecule has 1 fully saturated rings. The first-order valence-corrected chi connectivity index (χ1v) is 11.0. The molecular weight excluding hydrogens is 428 g/mol. The Balaban J connectivity index is 1.75. The van der Waals surface area contributed by atoms with Crippen molar-refractivity contribution >= 4 is 38.3 Å². The molecule has 0 bridgehead atoms. The zero-order valence-electron chi connectivity index (χ0n) is 16.3. The number of hydrogen-bond acceptors (Lipinski definition) is 6. The lowest BCUT2D eigenvalue weighted by atomic mass is 10.1. The molecular formula is C20H19F2N5O3S. The van der Waals surface area contributed by atoms with Crippen molar-refractivity contribution < 1.29 is 22.0 Å². The predicted octanol–water partition coefficient (Wildman–Crippen LogP) is 2.61. The van der Waals surface area contributed by atoms with Crippen LogP contribution in [-0.4, -0.2) is 43.6 Å². The Morgan fingerprint density at radius 1 is 1.23 bits per heavy atom. The number of aromatic nitrogens is 2. The van der Waals surface area contributed by atoms with Gasteiger partial charge in [-0.25, -0.2) is 32.3 Å². The van der Waals surface area contributed by atoms with Crippen LogP contribution in [0.25, 0.3) is 10.9 Å². The topological polar surface area (TPSA) is 118 Å². The molecule has 1 aromatic carbocycles. The maximum atomic E-state index is 14.0. The molecule has 1 saturated heterocycles. The number of nitrogens with two attached hydrogens (primary N) is 1. The molecule has 3 N–H and O–H groups in total. The van der Waals surface area contributed by atoms with Crippen molar-refractivity contribution in [3.63, 3.8) is 0 Å². The first-order chi connectivity index (χ1) is 14.7. The second-order valence-electron chi connectivity index (χ2n) is 7.26. The molecule has 0 spiro atoms. The molecule has 0 radical (unpaired) electrons. The van der Waals surface area contributed by atoms with Gasteiger partial charge >= 0.3 is 0 Å². The Labute approximate surface area is 177 Å². The number of amides is 1. The number of pyridine rings is 2. The molecule has 1 amide bonds. The van der Waals surface area contributed by atoms with Crippen molar-refractivity contribution in [3.8, 4) is 0 Å². The third-order valence-corrected chi connectivity index (χ3v) is 5.76. The van der Waals surface area contributed by atoms with Crippen LogP contribution in [0.2, 0.25) is 0 Å². The number of benzene rings is 1. The SMILES string of the molecule is NS(=O)(=O)c1cc(NC(=O)c2cc3cc(F)ccc3nc2N2CCCC(F)C2)ccn1. The summed E-state index contributed by atoms with van der Waals surface area (Å²) in [6.07, 6.45) is 1.19. The number of carbonyl (C=O) groups excluding carboxylic acids is 1. The van der Waals surface area contributed by atoms with Gasteiger partial charge in [-0.15, -0.1) is 0 Å². The Kier molecular flexibility index (Phi) is 5.54. The first-order valence-electron chi connectivity index (χ1n) is 9.50. The second-order valence-corrected chi connectivity index (χ2v) is 8.77. The molecule has 8 nitrogen and oxygen atoms in total. The number of alkyl halides is 1. The number of piperidine rings is 1. The lowest BCUT2D eigenvalue weighted by Crippen LogP contribution is -2.38. The van der Waals surface area contributed by atoms with Crippen LogP contribution in [0.15, 0.2) is 47.6 Å². The molecule has 1 atom stereocenters. The number of nitrogens with zero attached hydrogens (tertiary/aromatic N) is 3. The number of sulfonamides is 1. The summed E-state index contributed by atoms with van der Waals surface area (Å²) in [5.41, 5.74) is 0.729. The van der Waals surface area contributed by atoms with Gasteiger partial charge in [0.15, 0.2) is 5.03 Å². The molecule has 162 valence electrons. The van der Waals surface area contributed by atoms with Crippen molar-refractivity contribution in [1.82, 2.24) is 9.97 Å². The zero-order valence-corrected chi connectivity index (χ0v) is 17.1. The standard InChI is InChI=1S/C20H19F2N5O3S/c21-13-3-4-17-12(8-13)9-16(19(26-17)27-7-1-2-14(22)11-27)20(28)25-15-5-6-24-18(10-15)31(23,29)30/h3-6,8-10,14H,1-2,7,11H2,(H2,23,29,30)(H,24,25,28). The minimum absolute atomic E-state index is 0.0881. The fraction of sp³-hybridized carbons (Fsp3) is 0.250. The largest absolute Gasteiger partial charge is 0.353 e. The molecule has 0 aliphatic carbocycles. The average Bonchev–Trinajstić information content (AvgIpc) is 2.72. The summed E-state index contributed by atoms with van der Waals surface area (Å²) in [5.74, 6) is -0.817. The van der Waals surface area contributed by atoms with Gasteiger partial charge in [-0.05, 0) is 43.2 Å². The van der Waals surface area contributed by atoms with E-state index < -0.39 is 32.9 Å². The maximum absolute atomic E-state index is 14.0. The van der Waals surface area contributed by atoms with Crippen LogP contribution in [0.3, 0.4) is 0 Å². The number of halogens is 2. The summed E-state index contributed by atoms with van der Waals surface area (Å²) in [6, 6.07) is 8.02. The summed E-state index contributed by atoms with van der Waals surface area (Å²) in [6.45, 7) is 0.607. The monoisotopic (exact) mass is 447 g/mol. The molecule has 1 unspecified atom stereocenters. The molecule has 4 rings (SSSR count). The number of carbonyl (C=O) groups is 1. The molecule has 3 aromatic rings. The number of rotatable bonds is 4. The summed E-state index contributed by atoms with van der Waals surface area (Å²) >= 11 is 0. The summed E-state index contributed by atoms with van der Waals surface area (Å²) < 4.78 is 50.8. The van der Waals surface area contributed by atoms with Gasteiger partial charge in [0.2, 0.25) is 0 Å². The lowest BCUT2D eigenvalue weighted by molar-refractivity contribution is 0.102. The van der Waals surface area contributed by atoms with Crippen molar-refractivity contribution in [2.24, 2.45) is 5.14 Å². The smallest absolute Gasteiger partial charge is 0.259 e. The predicted molar refractivity (Wildman–Crippen MR) is 112 cm³/mol. The zero-order chi connectivity index (χ0) is 22.2. The van der Waals surface area contributed by atoms with Gasteiger partial charge in [0, 0.05) is 29.9 Å². The number of nitrogens with one attached hydrogen (secondary N) is 1. The minimum Gasteiger partial charge on any atom is -0.353 e. The molecule has 1 aliphatic heterocycles. The average molecular weight is 447 g/mol. The second kappa shape index (κ2) is 8.16. The highest BCUT2D eigenvalue weighted by atomic mass is 32.2. The van der Waals surface area contributed by atoms with E-state index in [4.69, 9.17) is 5.14 Å². The van der Waals surface area contributed by atoms with Crippen molar-refractivity contribution in [2.45, 2.75) is 24.0 Å². The third kappa shape index (κ3) is 4.62. The van der Waals surface area contributed by atoms with Gasteiger partial charge in [0.25, 0.3) is 15.9 Å². The van der Waals surface area contributed by atoms with Gasteiger partial charge < -0.3 is 10.2 Å². The van der Waals surface area contributed by atoms with Crippen LogP contribution in [0.5, 0.6) is 0 Å². The summed E-state index contributed by atoms with van der Waals surface area (Å²) in [5, 5.41) is 7.68. The highest BCUT2D eigenvalue weighted by molar-refractivity contribution is 7.89. The van der Waals surface area contributed by atoms with Crippen LogP contribution < -0.4 is 15.4 Å². The Morgan fingerprint density at radius 3 is 2.77 bits per heavy atom. The van der Waals surface area contributed by atoms with E-state index in [1.165, 1.54) is 36.5 Å². The maximum Gasteiger partial charge on any atom is 0.259 e. The highest BCUT2D eigenvalue weighted by Crippen LogP contribution is 2.28. The van der Waals surface area contributed by atoms with E-state index in [2.05, 4.69) is 15.3 Å². The van der Waals surface area contributed by atoms with E-state index in [9.17, 15) is 22.0 Å². The van der Waals surface area contributed by atoms with Crippen LogP contribution in [0.4, 0.5) is 20.3 Å². The molecule has 0 saturated carbocycles. The minimum atomic E-state index is -4.06. The fourth-order valence-electron chi connectivity index (χ4n) is 3.50. The molecule has 1 aliphatic rings. The van der Waals surface area contributed by atoms with Crippen molar-refractivity contribution in [3.05, 3.63) is 54.0 Å². The van der Waals surface area contributed by atoms with Crippen LogP contribution in [0, 0.1) is 5.82 Å². The van der Waals surface area contributed by atoms with Gasteiger partial charge in [-0.1, -0.05) is 0 Å². The first kappa shape index (κ1) is 21.1.